The van der Waals surface area contributed by atoms with Crippen LogP contribution in [0, 0.1) is 5.41 Å². The first kappa shape index (κ1) is 23.6. The van der Waals surface area contributed by atoms with Gasteiger partial charge < -0.3 is 20.1 Å². The minimum atomic E-state index is -0.492. The van der Waals surface area contributed by atoms with Crippen LogP contribution in [0.1, 0.15) is 35.2 Å². The van der Waals surface area contributed by atoms with Crippen LogP contribution in [-0.4, -0.2) is 65.3 Å². The Labute approximate surface area is 199 Å². The fraction of sp³-hybridized carbons (Fsp3) is 0.385. The van der Waals surface area contributed by atoms with E-state index in [9.17, 15) is 9.59 Å². The highest BCUT2D eigenvalue weighted by molar-refractivity contribution is 5.95. The molecule has 8 heteroatoms. The number of benzene rings is 2. The van der Waals surface area contributed by atoms with Gasteiger partial charge in [-0.2, -0.15) is 0 Å². The van der Waals surface area contributed by atoms with Crippen molar-refractivity contribution in [3.8, 4) is 0 Å². The predicted octanol–water partition coefficient (Wildman–Crippen LogP) is 1.86. The first-order valence-electron chi connectivity index (χ1n) is 11.5. The number of carbonyl (C=O) groups is 1. The third-order valence-electron chi connectivity index (χ3n) is 6.72. The van der Waals surface area contributed by atoms with Gasteiger partial charge in [-0.3, -0.25) is 15.0 Å². The summed E-state index contributed by atoms with van der Waals surface area (Å²) in [6, 6.07) is 13.1. The summed E-state index contributed by atoms with van der Waals surface area (Å²) >= 11 is 0. The summed E-state index contributed by atoms with van der Waals surface area (Å²) in [7, 11) is 7.62. The molecule has 178 valence electrons. The molecule has 8 nitrogen and oxygen atoms in total. The number of hydrogen-bond donors (Lipinski definition) is 2. The summed E-state index contributed by atoms with van der Waals surface area (Å²) in [5, 5.41) is 7.54. The lowest BCUT2D eigenvalue weighted by atomic mass is 9.93. The zero-order chi connectivity index (χ0) is 24.6. The average Bonchev–Trinajstić information content (AvgIpc) is 3.62. The second kappa shape index (κ2) is 9.02. The zero-order valence-corrected chi connectivity index (χ0v) is 20.3. The quantitative estimate of drug-likeness (QED) is 0.394. The van der Waals surface area contributed by atoms with Gasteiger partial charge in [-0.15, -0.1) is 0 Å². The van der Waals surface area contributed by atoms with Crippen LogP contribution in [-0.2, 0) is 23.7 Å². The van der Waals surface area contributed by atoms with Crippen LogP contribution in [0.4, 0.5) is 0 Å². The van der Waals surface area contributed by atoms with Crippen molar-refractivity contribution in [2.45, 2.75) is 24.7 Å². The number of nitrogens with two attached hydrogens (primary N) is 1. The third-order valence-corrected chi connectivity index (χ3v) is 6.72. The third kappa shape index (κ3) is 4.46. The number of nitrogen functional groups attached to an aromatic ring is 1. The normalized spacial score (nSPS) is 14.4. The molecule has 0 unspecified atom stereocenters. The van der Waals surface area contributed by atoms with Gasteiger partial charge >= 0.3 is 0 Å². The van der Waals surface area contributed by atoms with Crippen LogP contribution in [0.25, 0.3) is 11.0 Å². The monoisotopic (exact) mass is 460 g/mol. The number of fused-ring (bicyclic) bond motifs is 1. The Morgan fingerprint density at radius 2 is 1.79 bits per heavy atom. The van der Waals surface area contributed by atoms with Crippen LogP contribution in [0.15, 0.2) is 47.3 Å². The van der Waals surface area contributed by atoms with E-state index < -0.39 is 5.41 Å². The zero-order valence-electron chi connectivity index (χ0n) is 20.3. The molecule has 34 heavy (non-hydrogen) atoms. The van der Waals surface area contributed by atoms with E-state index in [1.54, 1.807) is 23.7 Å². The van der Waals surface area contributed by atoms with Gasteiger partial charge in [0.05, 0.1) is 16.4 Å². The molecule has 1 amide bonds. The molecular weight excluding hydrogens is 428 g/mol. The highest BCUT2D eigenvalue weighted by Gasteiger charge is 2.52. The minimum absolute atomic E-state index is 0.00901. The number of carbonyl (C=O) groups excluding carboxylic acids is 1. The Balaban J connectivity index is 1.65. The first-order valence-corrected chi connectivity index (χ1v) is 11.5. The minimum Gasteiger partial charge on any atom is -0.384 e. The molecule has 1 heterocycles. The molecule has 1 fully saturated rings. The molecule has 0 spiro atoms. The fourth-order valence-electron chi connectivity index (χ4n) is 4.37. The molecule has 1 aromatic heterocycles. The van der Waals surface area contributed by atoms with Gasteiger partial charge in [0.25, 0.3) is 5.56 Å². The predicted molar refractivity (Wildman–Crippen MR) is 134 cm³/mol. The second-order valence-electron chi connectivity index (χ2n) is 9.53. The van der Waals surface area contributed by atoms with Crippen molar-refractivity contribution in [2.75, 3.05) is 34.2 Å². The fourth-order valence-corrected chi connectivity index (χ4v) is 4.37. The second-order valence-corrected chi connectivity index (χ2v) is 9.53. The summed E-state index contributed by atoms with van der Waals surface area (Å²) in [5.41, 5.74) is 9.33. The Kier molecular flexibility index (Phi) is 6.27. The molecule has 1 aliphatic carbocycles. The van der Waals surface area contributed by atoms with Crippen LogP contribution < -0.4 is 11.3 Å². The van der Waals surface area contributed by atoms with Crippen LogP contribution >= 0.6 is 0 Å². The van der Waals surface area contributed by atoms with Crippen LogP contribution in [0.5, 0.6) is 0 Å². The molecule has 4 rings (SSSR count). The molecule has 0 aliphatic heterocycles. The summed E-state index contributed by atoms with van der Waals surface area (Å²) in [5.74, 6) is 0.152. The molecule has 0 radical (unpaired) electrons. The number of nitrogens with zero attached hydrogens (tertiary/aromatic N) is 4. The Morgan fingerprint density at radius 3 is 2.38 bits per heavy atom. The van der Waals surface area contributed by atoms with Gasteiger partial charge in [0.2, 0.25) is 5.91 Å². The maximum atomic E-state index is 13.3. The van der Waals surface area contributed by atoms with E-state index in [4.69, 9.17) is 16.1 Å². The van der Waals surface area contributed by atoms with Crippen molar-refractivity contribution in [2.24, 2.45) is 12.8 Å². The highest BCUT2D eigenvalue weighted by Crippen LogP contribution is 2.49. The maximum absolute atomic E-state index is 13.3. The smallest absolute Gasteiger partial charge is 0.272 e. The number of hydrogen-bond acceptors (Lipinski definition) is 5. The van der Waals surface area contributed by atoms with E-state index in [1.807, 2.05) is 56.4 Å². The molecule has 0 bridgehead atoms. The lowest BCUT2D eigenvalue weighted by Gasteiger charge is -2.25. The van der Waals surface area contributed by atoms with E-state index in [-0.39, 0.29) is 17.3 Å². The SMILES string of the molecule is CN(C)CCN(C)C(=O)C1(c2ccc3c(c2)nc(Cc2ccc(C(=N)N)cc2)c(=O)n3C)CC1. The Bertz CT molecular complexity index is 1310. The number of likely N-dealkylation sites (N-methyl/N-ethyl adjacent to an activating group) is 2. The van der Waals surface area contributed by atoms with Gasteiger partial charge in [-0.25, -0.2) is 4.98 Å². The van der Waals surface area contributed by atoms with Gasteiger partial charge in [0.15, 0.2) is 0 Å². The Morgan fingerprint density at radius 1 is 1.12 bits per heavy atom. The summed E-state index contributed by atoms with van der Waals surface area (Å²) in [4.78, 5) is 34.9. The number of amides is 1. The molecule has 3 N–H and O–H groups in total. The molecule has 2 aromatic carbocycles. The van der Waals surface area contributed by atoms with Crippen molar-refractivity contribution in [3.63, 3.8) is 0 Å². The average molecular weight is 461 g/mol. The Hall–Kier alpha value is -3.52. The van der Waals surface area contributed by atoms with E-state index >= 15 is 0 Å². The van der Waals surface area contributed by atoms with Crippen LogP contribution in [0.2, 0.25) is 0 Å². The summed E-state index contributed by atoms with van der Waals surface area (Å²) in [6.45, 7) is 1.50. The van der Waals surface area contributed by atoms with Gasteiger partial charge in [-0.1, -0.05) is 30.3 Å². The lowest BCUT2D eigenvalue weighted by molar-refractivity contribution is -0.132. The molecule has 1 aliphatic rings. The van der Waals surface area contributed by atoms with Crippen molar-refractivity contribution in [1.29, 1.82) is 5.41 Å². The number of aromatic nitrogens is 2. The molecule has 1 saturated carbocycles. The van der Waals surface area contributed by atoms with Crippen molar-refractivity contribution in [3.05, 3.63) is 75.2 Å². The summed E-state index contributed by atoms with van der Waals surface area (Å²) < 4.78 is 1.62. The molecule has 0 saturated heterocycles. The van der Waals surface area contributed by atoms with E-state index in [0.717, 1.165) is 36.0 Å². The van der Waals surface area contributed by atoms with Crippen LogP contribution in [0.3, 0.4) is 0 Å². The van der Waals surface area contributed by atoms with Gasteiger partial charge in [0.1, 0.15) is 11.5 Å². The maximum Gasteiger partial charge on any atom is 0.272 e. The lowest BCUT2D eigenvalue weighted by Crippen LogP contribution is -2.40. The van der Waals surface area contributed by atoms with Gasteiger partial charge in [0, 0.05) is 39.2 Å². The van der Waals surface area contributed by atoms with E-state index in [0.29, 0.717) is 29.7 Å². The molecular formula is C26H32N6O2. The van der Waals surface area contributed by atoms with Crippen molar-refractivity contribution in [1.82, 2.24) is 19.4 Å². The number of nitrogens with one attached hydrogen (secondary N) is 1. The number of aryl methyl sites for hydroxylation is 1. The highest BCUT2D eigenvalue weighted by atomic mass is 16.2. The number of rotatable bonds is 8. The molecule has 3 aromatic rings. The van der Waals surface area contributed by atoms with Gasteiger partial charge in [-0.05, 0) is 50.2 Å². The van der Waals surface area contributed by atoms with E-state index in [2.05, 4.69) is 4.90 Å². The topological polar surface area (TPSA) is 108 Å². The van der Waals surface area contributed by atoms with E-state index in [1.165, 1.54) is 0 Å². The number of amidine groups is 1. The summed E-state index contributed by atoms with van der Waals surface area (Å²) in [6.07, 6.45) is 2.03. The van der Waals surface area contributed by atoms with Crippen molar-refractivity contribution >= 4 is 22.8 Å². The molecule has 0 atom stereocenters. The standard InChI is InChI=1S/C26H32N6O2/c1-30(2)13-14-31(3)25(34)26(11-12-26)19-9-10-22-20(16-19)29-21(24(33)32(22)4)15-17-5-7-18(8-6-17)23(27)28/h5-10,16H,11-15H2,1-4H3,(H3,27,28). The first-order chi connectivity index (χ1) is 16.1. The largest absolute Gasteiger partial charge is 0.384 e. The van der Waals surface area contributed by atoms with Crippen molar-refractivity contribution < 1.29 is 4.79 Å².